The summed E-state index contributed by atoms with van der Waals surface area (Å²) in [6.07, 6.45) is 3.15. The van der Waals surface area contributed by atoms with Crippen molar-refractivity contribution in [2.24, 2.45) is 0 Å². The molecule has 0 saturated heterocycles. The summed E-state index contributed by atoms with van der Waals surface area (Å²) in [5, 5.41) is 17.3. The third-order valence-corrected chi connectivity index (χ3v) is 4.66. The van der Waals surface area contributed by atoms with Gasteiger partial charge >= 0.3 is 0 Å². The summed E-state index contributed by atoms with van der Waals surface area (Å²) in [6.45, 7) is 2.52. The molecule has 134 valence electrons. The third-order valence-electron chi connectivity index (χ3n) is 4.66. The van der Waals surface area contributed by atoms with Crippen LogP contribution in [0.3, 0.4) is 0 Å². The van der Waals surface area contributed by atoms with Gasteiger partial charge in [-0.2, -0.15) is 5.10 Å². The number of aliphatic hydroxyl groups excluding tert-OH is 1. The van der Waals surface area contributed by atoms with Crippen LogP contribution in [0.1, 0.15) is 53.9 Å². The smallest absolute Gasteiger partial charge is 0.255 e. The van der Waals surface area contributed by atoms with E-state index in [4.69, 9.17) is 0 Å². The Bertz CT molecular complexity index is 755. The largest absolute Gasteiger partial charge is 0.386 e. The number of halogens is 2. The Kier molecular flexibility index (Phi) is 5.13. The van der Waals surface area contributed by atoms with Gasteiger partial charge < -0.3 is 10.4 Å². The van der Waals surface area contributed by atoms with E-state index in [0.29, 0.717) is 12.0 Å². The zero-order valence-electron chi connectivity index (χ0n) is 14.0. The number of amides is 1. The molecule has 7 heteroatoms. The van der Waals surface area contributed by atoms with Gasteiger partial charge in [-0.05, 0) is 37.8 Å². The highest BCUT2D eigenvalue weighted by molar-refractivity contribution is 5.95. The maximum atomic E-state index is 13.9. The summed E-state index contributed by atoms with van der Waals surface area (Å²) < 4.78 is 29.6. The number of hydrogen-bond donors (Lipinski definition) is 2. The molecule has 2 heterocycles. The molecule has 0 aliphatic carbocycles. The van der Waals surface area contributed by atoms with Gasteiger partial charge in [0.25, 0.3) is 5.91 Å². The normalized spacial score (nSPS) is 16.2. The first-order valence-electron chi connectivity index (χ1n) is 8.50. The molecule has 3 rings (SSSR count). The third kappa shape index (κ3) is 3.42. The van der Waals surface area contributed by atoms with E-state index in [-0.39, 0.29) is 5.91 Å². The Morgan fingerprint density at radius 1 is 1.36 bits per heavy atom. The van der Waals surface area contributed by atoms with Gasteiger partial charge in [0.05, 0.1) is 29.1 Å². The minimum atomic E-state index is -1.47. The fourth-order valence-electron chi connectivity index (χ4n) is 3.26. The molecule has 1 aromatic carbocycles. The van der Waals surface area contributed by atoms with Crippen molar-refractivity contribution in [3.8, 4) is 0 Å². The van der Waals surface area contributed by atoms with Crippen LogP contribution in [-0.2, 0) is 13.0 Å². The summed E-state index contributed by atoms with van der Waals surface area (Å²) in [4.78, 5) is 12.6. The van der Waals surface area contributed by atoms with Crippen molar-refractivity contribution in [3.05, 3.63) is 52.9 Å². The van der Waals surface area contributed by atoms with Gasteiger partial charge in [-0.3, -0.25) is 9.48 Å². The molecular weight excluding hydrogens is 328 g/mol. The Labute approximate surface area is 144 Å². The highest BCUT2D eigenvalue weighted by Crippen LogP contribution is 2.25. The second-order valence-electron chi connectivity index (χ2n) is 6.25. The number of fused-ring (bicyclic) bond motifs is 1. The van der Waals surface area contributed by atoms with E-state index < -0.39 is 29.3 Å². The zero-order chi connectivity index (χ0) is 18.0. The zero-order valence-corrected chi connectivity index (χ0v) is 14.0. The number of hydrogen-bond acceptors (Lipinski definition) is 3. The van der Waals surface area contributed by atoms with Gasteiger partial charge in [0.1, 0.15) is 17.7 Å². The van der Waals surface area contributed by atoms with Gasteiger partial charge in [-0.1, -0.05) is 13.0 Å². The summed E-state index contributed by atoms with van der Waals surface area (Å²) in [5.74, 6) is -2.04. The van der Waals surface area contributed by atoms with E-state index in [1.54, 1.807) is 6.92 Å². The fraction of sp³-hybridized carbons (Fsp3) is 0.444. The number of rotatable bonds is 5. The lowest BCUT2D eigenvalue weighted by Crippen LogP contribution is -2.39. The first-order chi connectivity index (χ1) is 12.0. The van der Waals surface area contributed by atoms with E-state index in [9.17, 15) is 18.7 Å². The molecule has 0 radical (unpaired) electrons. The molecule has 0 bridgehead atoms. The van der Waals surface area contributed by atoms with E-state index in [1.165, 1.54) is 12.3 Å². The van der Waals surface area contributed by atoms with Crippen molar-refractivity contribution < 1.29 is 18.7 Å². The lowest BCUT2D eigenvalue weighted by molar-refractivity contribution is 0.0809. The van der Waals surface area contributed by atoms with Crippen molar-refractivity contribution in [1.82, 2.24) is 15.1 Å². The molecule has 0 fully saturated rings. The van der Waals surface area contributed by atoms with Crippen molar-refractivity contribution in [2.75, 3.05) is 0 Å². The number of carbonyl (C=O) groups excluding carboxylic acids is 1. The van der Waals surface area contributed by atoms with Gasteiger partial charge in [0.15, 0.2) is 0 Å². The van der Waals surface area contributed by atoms with Gasteiger partial charge in [-0.25, -0.2) is 8.78 Å². The topological polar surface area (TPSA) is 67.2 Å². The molecule has 25 heavy (non-hydrogen) atoms. The van der Waals surface area contributed by atoms with E-state index in [1.807, 2.05) is 4.68 Å². The lowest BCUT2D eigenvalue weighted by Gasteiger charge is -2.24. The highest BCUT2D eigenvalue weighted by atomic mass is 19.1. The van der Waals surface area contributed by atoms with Crippen LogP contribution in [0.25, 0.3) is 0 Å². The molecule has 5 nitrogen and oxygen atoms in total. The van der Waals surface area contributed by atoms with Gasteiger partial charge in [0, 0.05) is 6.54 Å². The van der Waals surface area contributed by atoms with Crippen LogP contribution in [0.5, 0.6) is 0 Å². The predicted octanol–water partition coefficient (Wildman–Crippen LogP) is 2.74. The van der Waals surface area contributed by atoms with Gasteiger partial charge in [-0.15, -0.1) is 0 Å². The first kappa shape index (κ1) is 17.5. The van der Waals surface area contributed by atoms with Crippen LogP contribution in [-0.4, -0.2) is 26.8 Å². The van der Waals surface area contributed by atoms with Crippen LogP contribution >= 0.6 is 0 Å². The number of aliphatic hydroxyl groups is 1. The van der Waals surface area contributed by atoms with Crippen LogP contribution in [0.4, 0.5) is 8.78 Å². The molecule has 0 spiro atoms. The number of nitrogens with zero attached hydrogens (tertiary/aromatic N) is 2. The highest BCUT2D eigenvalue weighted by Gasteiger charge is 2.28. The monoisotopic (exact) mass is 349 g/mol. The lowest BCUT2D eigenvalue weighted by atomic mass is 9.98. The quantitative estimate of drug-likeness (QED) is 0.872. The molecular formula is C18H21F2N3O2. The summed E-state index contributed by atoms with van der Waals surface area (Å²) >= 11 is 0. The average Bonchev–Trinajstić information content (AvgIpc) is 3.03. The standard InChI is InChI=1S/C18H21F2N3O2/c1-2-14(17(24)16-12(19)6-5-7-13(16)20)22-18(25)11-10-21-23-9-4-3-8-15(11)23/h5-7,10,14,17,24H,2-4,8-9H2,1H3,(H,22,25)/t14-,17-/m0/s1. The van der Waals surface area contributed by atoms with Gasteiger partial charge in [0.2, 0.25) is 0 Å². The van der Waals surface area contributed by atoms with E-state index in [0.717, 1.165) is 43.6 Å². The number of aryl methyl sites for hydroxylation is 1. The van der Waals surface area contributed by atoms with Crippen LogP contribution in [0, 0.1) is 11.6 Å². The number of benzene rings is 1. The molecule has 0 unspecified atom stereocenters. The van der Waals surface area contributed by atoms with Crippen molar-refractivity contribution >= 4 is 5.91 Å². The summed E-state index contributed by atoms with van der Waals surface area (Å²) in [5.41, 5.74) is 0.899. The first-order valence-corrected chi connectivity index (χ1v) is 8.50. The Hall–Kier alpha value is -2.28. The minimum absolute atomic E-state index is 0.324. The second kappa shape index (κ2) is 7.31. The second-order valence-corrected chi connectivity index (χ2v) is 6.25. The van der Waals surface area contributed by atoms with Crippen molar-refractivity contribution in [1.29, 1.82) is 0 Å². The Morgan fingerprint density at radius 3 is 2.76 bits per heavy atom. The molecule has 1 aliphatic rings. The Morgan fingerprint density at radius 2 is 2.08 bits per heavy atom. The van der Waals surface area contributed by atoms with Crippen molar-refractivity contribution in [2.45, 2.75) is 51.3 Å². The molecule has 2 aromatic rings. The van der Waals surface area contributed by atoms with Crippen LogP contribution < -0.4 is 5.32 Å². The number of carbonyl (C=O) groups is 1. The minimum Gasteiger partial charge on any atom is -0.386 e. The predicted molar refractivity (Wildman–Crippen MR) is 88.0 cm³/mol. The van der Waals surface area contributed by atoms with E-state index >= 15 is 0 Å². The SMILES string of the molecule is CC[C@H](NC(=O)c1cnn2c1CCCC2)[C@H](O)c1c(F)cccc1F. The molecule has 2 N–H and O–H groups in total. The maximum Gasteiger partial charge on any atom is 0.255 e. The maximum absolute atomic E-state index is 13.9. The number of aromatic nitrogens is 2. The molecule has 1 aromatic heterocycles. The Balaban J connectivity index is 1.80. The average molecular weight is 349 g/mol. The van der Waals surface area contributed by atoms with Crippen LogP contribution in [0.2, 0.25) is 0 Å². The summed E-state index contributed by atoms with van der Waals surface area (Å²) in [6, 6.07) is 2.60. The van der Waals surface area contributed by atoms with Crippen LogP contribution in [0.15, 0.2) is 24.4 Å². The fourth-order valence-corrected chi connectivity index (χ4v) is 3.26. The van der Waals surface area contributed by atoms with Crippen molar-refractivity contribution in [3.63, 3.8) is 0 Å². The summed E-state index contributed by atoms with van der Waals surface area (Å²) in [7, 11) is 0. The number of nitrogens with one attached hydrogen (secondary N) is 1. The molecule has 2 atom stereocenters. The molecule has 1 aliphatic heterocycles. The molecule has 1 amide bonds. The molecule has 0 saturated carbocycles. The van der Waals surface area contributed by atoms with E-state index in [2.05, 4.69) is 10.4 Å².